The summed E-state index contributed by atoms with van der Waals surface area (Å²) in [4.78, 5) is 0. The lowest BCUT2D eigenvalue weighted by Crippen LogP contribution is -2.33. The first-order valence-corrected chi connectivity index (χ1v) is 9.30. The SMILES string of the molecule is CCCNC1CCCC1CCSC1CCCCC1. The van der Waals surface area contributed by atoms with Crippen LogP contribution in [0.15, 0.2) is 0 Å². The standard InChI is InChI=1S/C16H31NS/c1-2-12-17-16-10-6-7-14(16)11-13-18-15-8-4-3-5-9-15/h14-17H,2-13H2,1H3. The highest BCUT2D eigenvalue weighted by atomic mass is 32.2. The van der Waals surface area contributed by atoms with Gasteiger partial charge in [-0.3, -0.25) is 0 Å². The average Bonchev–Trinajstić information content (AvgIpc) is 2.85. The van der Waals surface area contributed by atoms with Gasteiger partial charge in [0.15, 0.2) is 0 Å². The molecule has 2 atom stereocenters. The van der Waals surface area contributed by atoms with Gasteiger partial charge in [-0.15, -0.1) is 0 Å². The van der Waals surface area contributed by atoms with E-state index in [9.17, 15) is 0 Å². The average molecular weight is 269 g/mol. The van der Waals surface area contributed by atoms with E-state index in [1.807, 2.05) is 0 Å². The second-order valence-corrected chi connectivity index (χ2v) is 7.58. The van der Waals surface area contributed by atoms with Crippen molar-refractivity contribution in [1.29, 1.82) is 0 Å². The maximum absolute atomic E-state index is 3.76. The van der Waals surface area contributed by atoms with Gasteiger partial charge < -0.3 is 5.32 Å². The predicted molar refractivity (Wildman–Crippen MR) is 83.4 cm³/mol. The largest absolute Gasteiger partial charge is 0.314 e. The van der Waals surface area contributed by atoms with Crippen LogP contribution in [0.4, 0.5) is 0 Å². The summed E-state index contributed by atoms with van der Waals surface area (Å²) in [5.74, 6) is 2.40. The van der Waals surface area contributed by atoms with Crippen molar-refractivity contribution >= 4 is 11.8 Å². The molecule has 0 aromatic rings. The Labute approximate surface area is 118 Å². The minimum atomic E-state index is 0.844. The molecule has 106 valence electrons. The Hall–Kier alpha value is 0.310. The molecule has 0 spiro atoms. The van der Waals surface area contributed by atoms with E-state index in [-0.39, 0.29) is 0 Å². The number of rotatable bonds is 7. The van der Waals surface area contributed by atoms with Gasteiger partial charge in [0.05, 0.1) is 0 Å². The van der Waals surface area contributed by atoms with Crippen molar-refractivity contribution in [2.45, 2.75) is 82.4 Å². The number of nitrogens with one attached hydrogen (secondary N) is 1. The van der Waals surface area contributed by atoms with Crippen molar-refractivity contribution in [3.05, 3.63) is 0 Å². The highest BCUT2D eigenvalue weighted by molar-refractivity contribution is 7.99. The molecule has 2 rings (SSSR count). The Morgan fingerprint density at radius 1 is 1.00 bits per heavy atom. The van der Waals surface area contributed by atoms with Crippen LogP contribution in [-0.2, 0) is 0 Å². The number of hydrogen-bond acceptors (Lipinski definition) is 2. The lowest BCUT2D eigenvalue weighted by atomic mass is 10.0. The summed E-state index contributed by atoms with van der Waals surface area (Å²) in [7, 11) is 0. The summed E-state index contributed by atoms with van der Waals surface area (Å²) < 4.78 is 0. The van der Waals surface area contributed by atoms with E-state index < -0.39 is 0 Å². The van der Waals surface area contributed by atoms with E-state index in [2.05, 4.69) is 24.0 Å². The van der Waals surface area contributed by atoms with Gasteiger partial charge in [0, 0.05) is 11.3 Å². The smallest absolute Gasteiger partial charge is 0.00956 e. The molecule has 2 fully saturated rings. The van der Waals surface area contributed by atoms with Crippen molar-refractivity contribution < 1.29 is 0 Å². The quantitative estimate of drug-likeness (QED) is 0.724. The minimum Gasteiger partial charge on any atom is -0.314 e. The third-order valence-electron chi connectivity index (χ3n) is 4.71. The van der Waals surface area contributed by atoms with E-state index in [4.69, 9.17) is 0 Å². The van der Waals surface area contributed by atoms with E-state index in [1.165, 1.54) is 76.5 Å². The molecular weight excluding hydrogens is 238 g/mol. The molecule has 0 radical (unpaired) electrons. The highest BCUT2D eigenvalue weighted by Crippen LogP contribution is 2.33. The van der Waals surface area contributed by atoms with Crippen LogP contribution in [0, 0.1) is 5.92 Å². The topological polar surface area (TPSA) is 12.0 Å². The minimum absolute atomic E-state index is 0.844. The third kappa shape index (κ3) is 4.77. The summed E-state index contributed by atoms with van der Waals surface area (Å²) in [6.07, 6.45) is 14.6. The van der Waals surface area contributed by atoms with E-state index >= 15 is 0 Å². The Morgan fingerprint density at radius 2 is 1.83 bits per heavy atom. The van der Waals surface area contributed by atoms with Crippen LogP contribution in [0.3, 0.4) is 0 Å². The fourth-order valence-corrected chi connectivity index (χ4v) is 5.04. The van der Waals surface area contributed by atoms with E-state index in [0.717, 1.165) is 17.2 Å². The second-order valence-electron chi connectivity index (χ2n) is 6.17. The van der Waals surface area contributed by atoms with Gasteiger partial charge in [0.2, 0.25) is 0 Å². The van der Waals surface area contributed by atoms with Gasteiger partial charge >= 0.3 is 0 Å². The molecule has 1 nitrogen and oxygen atoms in total. The van der Waals surface area contributed by atoms with Crippen molar-refractivity contribution in [3.63, 3.8) is 0 Å². The van der Waals surface area contributed by atoms with Gasteiger partial charge in [-0.1, -0.05) is 32.6 Å². The van der Waals surface area contributed by atoms with Crippen molar-refractivity contribution in [3.8, 4) is 0 Å². The fourth-order valence-electron chi connectivity index (χ4n) is 3.60. The van der Waals surface area contributed by atoms with Gasteiger partial charge in [-0.25, -0.2) is 0 Å². The van der Waals surface area contributed by atoms with E-state index in [0.29, 0.717) is 0 Å². The van der Waals surface area contributed by atoms with Crippen LogP contribution in [0.5, 0.6) is 0 Å². The molecule has 0 aromatic carbocycles. The molecule has 0 saturated heterocycles. The first-order chi connectivity index (χ1) is 8.90. The van der Waals surface area contributed by atoms with Crippen LogP contribution < -0.4 is 5.32 Å². The molecule has 0 aliphatic heterocycles. The molecule has 18 heavy (non-hydrogen) atoms. The Balaban J connectivity index is 1.59. The van der Waals surface area contributed by atoms with Gasteiger partial charge in [-0.05, 0) is 56.7 Å². The molecule has 0 amide bonds. The summed E-state index contributed by atoms with van der Waals surface area (Å²) >= 11 is 2.28. The zero-order valence-electron chi connectivity index (χ0n) is 12.1. The Kier molecular flexibility index (Phi) is 6.93. The summed E-state index contributed by atoms with van der Waals surface area (Å²) in [5.41, 5.74) is 0. The Morgan fingerprint density at radius 3 is 2.61 bits per heavy atom. The summed E-state index contributed by atoms with van der Waals surface area (Å²) in [6.45, 7) is 3.49. The molecule has 0 aromatic heterocycles. The predicted octanol–water partition coefficient (Wildman–Crippen LogP) is 4.61. The van der Waals surface area contributed by atoms with Crippen molar-refractivity contribution in [2.75, 3.05) is 12.3 Å². The van der Waals surface area contributed by atoms with Crippen LogP contribution >= 0.6 is 11.8 Å². The first-order valence-electron chi connectivity index (χ1n) is 8.25. The molecule has 0 heterocycles. The summed E-state index contributed by atoms with van der Waals surface area (Å²) in [5, 5.41) is 4.76. The molecule has 0 bridgehead atoms. The molecule has 2 aliphatic carbocycles. The number of hydrogen-bond donors (Lipinski definition) is 1. The highest BCUT2D eigenvalue weighted by Gasteiger charge is 2.26. The van der Waals surface area contributed by atoms with Gasteiger partial charge in [0.25, 0.3) is 0 Å². The fraction of sp³-hybridized carbons (Fsp3) is 1.00. The lowest BCUT2D eigenvalue weighted by molar-refractivity contribution is 0.393. The van der Waals surface area contributed by atoms with Crippen LogP contribution in [0.2, 0.25) is 0 Å². The molecular formula is C16H31NS. The van der Waals surface area contributed by atoms with Gasteiger partial charge in [0.1, 0.15) is 0 Å². The zero-order chi connectivity index (χ0) is 12.6. The molecule has 1 N–H and O–H groups in total. The Bertz CT molecular complexity index is 213. The third-order valence-corrected chi connectivity index (χ3v) is 6.12. The monoisotopic (exact) mass is 269 g/mol. The van der Waals surface area contributed by atoms with Crippen LogP contribution in [-0.4, -0.2) is 23.6 Å². The summed E-state index contributed by atoms with van der Waals surface area (Å²) in [6, 6.07) is 0.844. The molecule has 2 unspecified atom stereocenters. The lowest BCUT2D eigenvalue weighted by Gasteiger charge is -2.24. The number of thioether (sulfide) groups is 1. The van der Waals surface area contributed by atoms with Crippen LogP contribution in [0.1, 0.15) is 71.1 Å². The maximum Gasteiger partial charge on any atom is 0.00956 e. The molecule has 2 aliphatic rings. The van der Waals surface area contributed by atoms with E-state index in [1.54, 1.807) is 0 Å². The van der Waals surface area contributed by atoms with Crippen molar-refractivity contribution in [2.24, 2.45) is 5.92 Å². The normalized spacial score (nSPS) is 29.8. The van der Waals surface area contributed by atoms with Gasteiger partial charge in [-0.2, -0.15) is 11.8 Å². The molecule has 2 heteroatoms. The first kappa shape index (κ1) is 14.7. The van der Waals surface area contributed by atoms with Crippen molar-refractivity contribution in [1.82, 2.24) is 5.32 Å². The second kappa shape index (κ2) is 8.47. The molecule has 2 saturated carbocycles. The van der Waals surface area contributed by atoms with Crippen LogP contribution in [0.25, 0.3) is 0 Å². The maximum atomic E-state index is 3.76. The zero-order valence-corrected chi connectivity index (χ0v) is 12.9.